The molecule has 3 aromatic rings. The quantitative estimate of drug-likeness (QED) is 0.680. The Hall–Kier alpha value is -2.19. The van der Waals surface area contributed by atoms with E-state index in [1.54, 1.807) is 30.3 Å². The number of aryl methyl sites for hydroxylation is 2. The van der Waals surface area contributed by atoms with Crippen molar-refractivity contribution in [2.45, 2.75) is 31.2 Å². The Morgan fingerprint density at radius 1 is 1.15 bits per heavy atom. The van der Waals surface area contributed by atoms with E-state index in [-0.39, 0.29) is 4.90 Å². The molecule has 4 rings (SSSR count). The topological polar surface area (TPSA) is 76.9 Å². The van der Waals surface area contributed by atoms with Gasteiger partial charge in [0, 0.05) is 28.7 Å². The highest BCUT2D eigenvalue weighted by Crippen LogP contribution is 2.27. The highest BCUT2D eigenvalue weighted by molar-refractivity contribution is 9.10. The zero-order valence-electron chi connectivity index (χ0n) is 14.1. The molecule has 8 heteroatoms. The third kappa shape index (κ3) is 3.14. The first-order chi connectivity index (χ1) is 12.4. The molecule has 2 aromatic carbocycles. The van der Waals surface area contributed by atoms with Gasteiger partial charge in [-0.3, -0.25) is 4.72 Å². The Balaban J connectivity index is 1.65. The van der Waals surface area contributed by atoms with Crippen LogP contribution in [0.25, 0.3) is 11.4 Å². The van der Waals surface area contributed by atoms with Crippen LogP contribution in [0.3, 0.4) is 0 Å². The Morgan fingerprint density at radius 2 is 2.00 bits per heavy atom. The molecular formula is C18H17BrN4O2S. The Labute approximate surface area is 160 Å². The third-order valence-corrected chi connectivity index (χ3v) is 6.69. The van der Waals surface area contributed by atoms with Crippen LogP contribution in [0.15, 0.2) is 51.8 Å². The van der Waals surface area contributed by atoms with Crippen LogP contribution in [-0.2, 0) is 23.0 Å². The lowest BCUT2D eigenvalue weighted by molar-refractivity contribution is 0.601. The van der Waals surface area contributed by atoms with Gasteiger partial charge in [-0.15, -0.1) is 10.2 Å². The first kappa shape index (κ1) is 17.2. The molecule has 0 spiro atoms. The molecule has 1 N–H and O–H groups in total. The monoisotopic (exact) mass is 432 g/mol. The number of nitrogens with one attached hydrogen (secondary N) is 1. The minimum absolute atomic E-state index is 0.229. The summed E-state index contributed by atoms with van der Waals surface area (Å²) in [6.45, 7) is 2.75. The van der Waals surface area contributed by atoms with E-state index in [0.717, 1.165) is 46.6 Å². The molecular weight excluding hydrogens is 416 g/mol. The van der Waals surface area contributed by atoms with Gasteiger partial charge in [-0.2, -0.15) is 0 Å². The van der Waals surface area contributed by atoms with Crippen LogP contribution in [0, 0.1) is 6.92 Å². The van der Waals surface area contributed by atoms with E-state index in [4.69, 9.17) is 0 Å². The van der Waals surface area contributed by atoms with Gasteiger partial charge in [0.15, 0.2) is 5.82 Å². The van der Waals surface area contributed by atoms with Gasteiger partial charge in [0.25, 0.3) is 10.0 Å². The van der Waals surface area contributed by atoms with Gasteiger partial charge in [0.1, 0.15) is 5.82 Å². The van der Waals surface area contributed by atoms with Gasteiger partial charge in [-0.25, -0.2) is 8.42 Å². The SMILES string of the molecule is Cc1cc(S(=O)(=O)Nc2cccc(-c3nnc4n3CCC4)c2)ccc1Br. The molecule has 2 heterocycles. The highest BCUT2D eigenvalue weighted by Gasteiger charge is 2.19. The summed E-state index contributed by atoms with van der Waals surface area (Å²) in [4.78, 5) is 0.229. The Kier molecular flexibility index (Phi) is 4.32. The molecule has 0 unspecified atom stereocenters. The van der Waals surface area contributed by atoms with Crippen LogP contribution in [-0.4, -0.2) is 23.2 Å². The van der Waals surface area contributed by atoms with E-state index in [0.29, 0.717) is 5.69 Å². The average Bonchev–Trinajstić information content (AvgIpc) is 3.20. The zero-order valence-corrected chi connectivity index (χ0v) is 16.5. The van der Waals surface area contributed by atoms with Crippen LogP contribution in [0.1, 0.15) is 17.8 Å². The molecule has 26 heavy (non-hydrogen) atoms. The van der Waals surface area contributed by atoms with Crippen LogP contribution in [0.5, 0.6) is 0 Å². The smallest absolute Gasteiger partial charge is 0.261 e. The Bertz CT molecular complexity index is 1090. The van der Waals surface area contributed by atoms with Crippen molar-refractivity contribution in [2.75, 3.05) is 4.72 Å². The summed E-state index contributed by atoms with van der Waals surface area (Å²) in [5.74, 6) is 1.76. The second-order valence-corrected chi connectivity index (χ2v) is 8.83. The lowest BCUT2D eigenvalue weighted by Crippen LogP contribution is -2.13. The molecule has 134 valence electrons. The van der Waals surface area contributed by atoms with Gasteiger partial charge in [0.05, 0.1) is 4.90 Å². The molecule has 6 nitrogen and oxygen atoms in total. The second kappa shape index (κ2) is 6.51. The molecule has 1 aromatic heterocycles. The van der Waals surface area contributed by atoms with E-state index in [9.17, 15) is 8.42 Å². The molecule has 0 saturated carbocycles. The summed E-state index contributed by atoms with van der Waals surface area (Å²) >= 11 is 3.39. The largest absolute Gasteiger partial charge is 0.311 e. The summed E-state index contributed by atoms with van der Waals surface area (Å²) in [6, 6.07) is 12.2. The Morgan fingerprint density at radius 3 is 2.81 bits per heavy atom. The number of aromatic nitrogens is 3. The number of nitrogens with zero attached hydrogens (tertiary/aromatic N) is 3. The van der Waals surface area contributed by atoms with Crippen molar-refractivity contribution >= 4 is 31.6 Å². The van der Waals surface area contributed by atoms with Crippen LogP contribution < -0.4 is 4.72 Å². The normalized spacial score (nSPS) is 13.6. The molecule has 1 aliphatic heterocycles. The number of sulfonamides is 1. The average molecular weight is 433 g/mol. The number of anilines is 1. The number of hydrogen-bond donors (Lipinski definition) is 1. The van der Waals surface area contributed by atoms with Crippen LogP contribution in [0.4, 0.5) is 5.69 Å². The van der Waals surface area contributed by atoms with E-state index < -0.39 is 10.0 Å². The molecule has 0 radical (unpaired) electrons. The number of halogens is 1. The van der Waals surface area contributed by atoms with Gasteiger partial charge >= 0.3 is 0 Å². The molecule has 0 atom stereocenters. The minimum Gasteiger partial charge on any atom is -0.311 e. The zero-order chi connectivity index (χ0) is 18.3. The van der Waals surface area contributed by atoms with Gasteiger partial charge in [0.2, 0.25) is 0 Å². The first-order valence-corrected chi connectivity index (χ1v) is 10.5. The fraction of sp³-hybridized carbons (Fsp3) is 0.222. The molecule has 1 aliphatic rings. The number of rotatable bonds is 4. The van der Waals surface area contributed by atoms with E-state index in [1.165, 1.54) is 0 Å². The van der Waals surface area contributed by atoms with Crippen molar-refractivity contribution in [3.8, 4) is 11.4 Å². The van der Waals surface area contributed by atoms with E-state index in [2.05, 4.69) is 35.4 Å². The highest BCUT2D eigenvalue weighted by atomic mass is 79.9. The van der Waals surface area contributed by atoms with Gasteiger partial charge < -0.3 is 4.57 Å². The lowest BCUT2D eigenvalue weighted by atomic mass is 10.2. The number of benzene rings is 2. The molecule has 0 saturated heterocycles. The maximum Gasteiger partial charge on any atom is 0.261 e. The standard InChI is InChI=1S/C18H17BrN4O2S/c1-12-10-15(7-8-16(12)19)26(24,25)22-14-5-2-4-13(11-14)18-21-20-17-6-3-9-23(17)18/h2,4-5,7-8,10-11,22H,3,6,9H2,1H3. The lowest BCUT2D eigenvalue weighted by Gasteiger charge is -2.11. The predicted octanol–water partition coefficient (Wildman–Crippen LogP) is 3.76. The summed E-state index contributed by atoms with van der Waals surface area (Å²) in [5, 5.41) is 8.47. The second-order valence-electron chi connectivity index (χ2n) is 6.29. The number of hydrogen-bond acceptors (Lipinski definition) is 4. The van der Waals surface area contributed by atoms with Crippen LogP contribution in [0.2, 0.25) is 0 Å². The number of fused-ring (bicyclic) bond motifs is 1. The maximum absolute atomic E-state index is 12.7. The first-order valence-electron chi connectivity index (χ1n) is 8.25. The van der Waals surface area contributed by atoms with Crippen molar-refractivity contribution in [3.05, 3.63) is 58.3 Å². The van der Waals surface area contributed by atoms with Crippen molar-refractivity contribution in [3.63, 3.8) is 0 Å². The van der Waals surface area contributed by atoms with Crippen molar-refractivity contribution in [1.29, 1.82) is 0 Å². The van der Waals surface area contributed by atoms with Crippen molar-refractivity contribution < 1.29 is 8.42 Å². The summed E-state index contributed by atoms with van der Waals surface area (Å²) in [5.41, 5.74) is 2.21. The molecule has 0 amide bonds. The summed E-state index contributed by atoms with van der Waals surface area (Å²) < 4.78 is 31.0. The third-order valence-electron chi connectivity index (χ3n) is 4.42. The summed E-state index contributed by atoms with van der Waals surface area (Å²) in [6.07, 6.45) is 2.00. The van der Waals surface area contributed by atoms with Crippen molar-refractivity contribution in [1.82, 2.24) is 14.8 Å². The fourth-order valence-corrected chi connectivity index (χ4v) is 4.47. The maximum atomic E-state index is 12.7. The van der Waals surface area contributed by atoms with Gasteiger partial charge in [-0.1, -0.05) is 28.1 Å². The van der Waals surface area contributed by atoms with Gasteiger partial charge in [-0.05, 0) is 49.2 Å². The predicted molar refractivity (Wildman–Crippen MR) is 103 cm³/mol. The fourth-order valence-electron chi connectivity index (χ4n) is 3.08. The molecule has 0 aliphatic carbocycles. The van der Waals surface area contributed by atoms with E-state index in [1.807, 2.05) is 19.1 Å². The molecule has 0 bridgehead atoms. The van der Waals surface area contributed by atoms with E-state index >= 15 is 0 Å². The molecule has 0 fully saturated rings. The minimum atomic E-state index is -3.66. The van der Waals surface area contributed by atoms with Crippen LogP contribution >= 0.6 is 15.9 Å². The van der Waals surface area contributed by atoms with Crippen molar-refractivity contribution in [2.24, 2.45) is 0 Å². The summed E-state index contributed by atoms with van der Waals surface area (Å²) in [7, 11) is -3.66.